The van der Waals surface area contributed by atoms with Crippen molar-refractivity contribution < 1.29 is 37.0 Å². The highest BCUT2D eigenvalue weighted by atomic mass is 19.2. The average Bonchev–Trinajstić information content (AvgIpc) is 3.19. The van der Waals surface area contributed by atoms with Crippen LogP contribution in [0.1, 0.15) is 6.42 Å². The fourth-order valence-corrected chi connectivity index (χ4v) is 3.25. The average molecular weight is 451 g/mol. The number of halogens is 3. The Kier molecular flexibility index (Phi) is 6.86. The SMILES string of the molecule is COc1ccc(N2CC(C(=O)NCC(=O)Nc3ccc(F)c(F)c3F)CC2=O)cc1OC. The van der Waals surface area contributed by atoms with Gasteiger partial charge in [-0.25, -0.2) is 13.2 Å². The first-order valence-electron chi connectivity index (χ1n) is 9.48. The number of methoxy groups -OCH3 is 2. The molecule has 2 N–H and O–H groups in total. The minimum atomic E-state index is -1.72. The lowest BCUT2D eigenvalue weighted by molar-refractivity contribution is -0.127. The maximum atomic E-state index is 13.6. The molecule has 0 saturated carbocycles. The molecule has 1 unspecified atom stereocenters. The van der Waals surface area contributed by atoms with Gasteiger partial charge in [0.05, 0.1) is 32.4 Å². The summed E-state index contributed by atoms with van der Waals surface area (Å²) in [4.78, 5) is 38.2. The van der Waals surface area contributed by atoms with Crippen molar-refractivity contribution in [3.63, 3.8) is 0 Å². The summed E-state index contributed by atoms with van der Waals surface area (Å²) in [5, 5.41) is 4.41. The van der Waals surface area contributed by atoms with Crippen molar-refractivity contribution in [1.29, 1.82) is 0 Å². The summed E-state index contributed by atoms with van der Waals surface area (Å²) in [5.74, 6) is -6.14. The first-order chi connectivity index (χ1) is 15.2. The van der Waals surface area contributed by atoms with Gasteiger partial charge in [0, 0.05) is 24.7 Å². The molecule has 0 radical (unpaired) electrons. The molecule has 3 amide bonds. The van der Waals surface area contributed by atoms with Crippen LogP contribution in [0.4, 0.5) is 24.5 Å². The lowest BCUT2D eigenvalue weighted by Crippen LogP contribution is -2.38. The lowest BCUT2D eigenvalue weighted by Gasteiger charge is -2.18. The van der Waals surface area contributed by atoms with E-state index >= 15 is 0 Å². The van der Waals surface area contributed by atoms with Gasteiger partial charge < -0.3 is 25.0 Å². The van der Waals surface area contributed by atoms with E-state index in [2.05, 4.69) is 10.6 Å². The Morgan fingerprint density at radius 2 is 1.78 bits per heavy atom. The van der Waals surface area contributed by atoms with E-state index in [9.17, 15) is 27.6 Å². The molecule has 8 nitrogen and oxygen atoms in total. The zero-order chi connectivity index (χ0) is 23.4. The minimum absolute atomic E-state index is 0.0698. The van der Waals surface area contributed by atoms with Crippen LogP contribution in [0.5, 0.6) is 11.5 Å². The highest BCUT2D eigenvalue weighted by Gasteiger charge is 2.35. The molecule has 1 aliphatic heterocycles. The van der Waals surface area contributed by atoms with E-state index in [-0.39, 0.29) is 18.9 Å². The summed E-state index contributed by atoms with van der Waals surface area (Å²) in [7, 11) is 2.94. The molecule has 1 aliphatic rings. The van der Waals surface area contributed by atoms with E-state index in [0.29, 0.717) is 23.3 Å². The zero-order valence-corrected chi connectivity index (χ0v) is 17.2. The monoisotopic (exact) mass is 451 g/mol. The second-order valence-corrected chi connectivity index (χ2v) is 6.93. The van der Waals surface area contributed by atoms with E-state index in [1.165, 1.54) is 19.1 Å². The van der Waals surface area contributed by atoms with Crippen LogP contribution in [0.15, 0.2) is 30.3 Å². The van der Waals surface area contributed by atoms with Gasteiger partial charge in [0.1, 0.15) is 0 Å². The predicted molar refractivity (Wildman–Crippen MR) is 108 cm³/mol. The van der Waals surface area contributed by atoms with Gasteiger partial charge in [-0.15, -0.1) is 0 Å². The van der Waals surface area contributed by atoms with Crippen LogP contribution < -0.4 is 25.0 Å². The number of hydrogen-bond donors (Lipinski definition) is 2. The summed E-state index contributed by atoms with van der Waals surface area (Å²) < 4.78 is 50.2. The van der Waals surface area contributed by atoms with E-state index in [0.717, 1.165) is 6.07 Å². The van der Waals surface area contributed by atoms with Crippen molar-refractivity contribution in [2.75, 3.05) is 37.5 Å². The number of nitrogens with one attached hydrogen (secondary N) is 2. The number of ether oxygens (including phenoxy) is 2. The predicted octanol–water partition coefficient (Wildman–Crippen LogP) is 2.23. The Morgan fingerprint density at radius 1 is 1.06 bits per heavy atom. The Hall–Kier alpha value is -3.76. The first kappa shape index (κ1) is 22.9. The van der Waals surface area contributed by atoms with Gasteiger partial charge in [-0.2, -0.15) is 0 Å². The van der Waals surface area contributed by atoms with Crippen LogP contribution in [-0.4, -0.2) is 45.0 Å². The quantitative estimate of drug-likeness (QED) is 0.630. The summed E-state index contributed by atoms with van der Waals surface area (Å²) in [6.45, 7) is -0.460. The van der Waals surface area contributed by atoms with Crippen LogP contribution in [0.3, 0.4) is 0 Å². The number of hydrogen-bond acceptors (Lipinski definition) is 5. The highest BCUT2D eigenvalue weighted by molar-refractivity contribution is 6.01. The molecule has 0 aliphatic carbocycles. The molecule has 1 atom stereocenters. The molecule has 170 valence electrons. The minimum Gasteiger partial charge on any atom is -0.493 e. The molecule has 1 heterocycles. The van der Waals surface area contributed by atoms with Crippen LogP contribution in [0.2, 0.25) is 0 Å². The maximum Gasteiger partial charge on any atom is 0.243 e. The molecule has 2 aromatic rings. The van der Waals surface area contributed by atoms with Crippen LogP contribution in [0.25, 0.3) is 0 Å². The van der Waals surface area contributed by atoms with E-state index in [1.54, 1.807) is 18.2 Å². The zero-order valence-electron chi connectivity index (χ0n) is 17.2. The number of benzene rings is 2. The van der Waals surface area contributed by atoms with Crippen molar-refractivity contribution in [2.24, 2.45) is 5.92 Å². The van der Waals surface area contributed by atoms with E-state index in [1.807, 2.05) is 0 Å². The molecule has 3 rings (SSSR count). The van der Waals surface area contributed by atoms with Gasteiger partial charge >= 0.3 is 0 Å². The van der Waals surface area contributed by atoms with Crippen molar-refractivity contribution in [1.82, 2.24) is 5.32 Å². The molecule has 32 heavy (non-hydrogen) atoms. The second kappa shape index (κ2) is 9.58. The van der Waals surface area contributed by atoms with Crippen molar-refractivity contribution in [3.8, 4) is 11.5 Å². The Labute approximate surface area is 181 Å². The molecule has 1 saturated heterocycles. The first-order valence-corrected chi connectivity index (χ1v) is 9.48. The van der Waals surface area contributed by atoms with Crippen molar-refractivity contribution in [2.45, 2.75) is 6.42 Å². The molecular formula is C21H20F3N3O5. The Balaban J connectivity index is 1.58. The molecule has 11 heteroatoms. The third-order valence-electron chi connectivity index (χ3n) is 4.91. The summed E-state index contributed by atoms with van der Waals surface area (Å²) >= 11 is 0. The van der Waals surface area contributed by atoms with Gasteiger partial charge in [0.25, 0.3) is 0 Å². The standard InChI is InChI=1S/C21H20F3N3O5/c1-31-15-6-3-12(8-16(15)32-2)27-10-11(7-18(27)29)21(30)25-9-17(28)26-14-5-4-13(22)19(23)20(14)24/h3-6,8,11H,7,9-10H2,1-2H3,(H,25,30)(H,26,28). The normalized spacial score (nSPS) is 15.5. The number of rotatable bonds is 7. The second-order valence-electron chi connectivity index (χ2n) is 6.93. The number of carbonyl (C=O) groups is 3. The molecule has 0 spiro atoms. The molecule has 0 aromatic heterocycles. The molecule has 2 aromatic carbocycles. The van der Waals surface area contributed by atoms with E-state index < -0.39 is 47.4 Å². The van der Waals surface area contributed by atoms with Crippen molar-refractivity contribution >= 4 is 29.1 Å². The van der Waals surface area contributed by atoms with Gasteiger partial charge in [-0.3, -0.25) is 14.4 Å². The topological polar surface area (TPSA) is 97.0 Å². The smallest absolute Gasteiger partial charge is 0.243 e. The third kappa shape index (κ3) is 4.76. The number of carbonyl (C=O) groups excluding carboxylic acids is 3. The summed E-state index contributed by atoms with van der Waals surface area (Å²) in [6, 6.07) is 6.43. The summed E-state index contributed by atoms with van der Waals surface area (Å²) in [5.41, 5.74) is -0.0340. The van der Waals surface area contributed by atoms with Crippen LogP contribution in [0, 0.1) is 23.4 Å². The highest BCUT2D eigenvalue weighted by Crippen LogP contribution is 2.34. The fourth-order valence-electron chi connectivity index (χ4n) is 3.25. The molecular weight excluding hydrogens is 431 g/mol. The van der Waals surface area contributed by atoms with Crippen LogP contribution in [-0.2, 0) is 14.4 Å². The summed E-state index contributed by atoms with van der Waals surface area (Å²) in [6.07, 6.45) is -0.0698. The number of anilines is 2. The van der Waals surface area contributed by atoms with Gasteiger partial charge in [-0.1, -0.05) is 0 Å². The Bertz CT molecular complexity index is 1060. The lowest BCUT2D eigenvalue weighted by atomic mass is 10.1. The maximum absolute atomic E-state index is 13.6. The third-order valence-corrected chi connectivity index (χ3v) is 4.91. The van der Waals surface area contributed by atoms with Gasteiger partial charge in [0.2, 0.25) is 17.7 Å². The molecule has 1 fully saturated rings. The van der Waals surface area contributed by atoms with Crippen molar-refractivity contribution in [3.05, 3.63) is 47.8 Å². The van der Waals surface area contributed by atoms with Gasteiger partial charge in [-0.05, 0) is 24.3 Å². The Morgan fingerprint density at radius 3 is 2.47 bits per heavy atom. The molecule has 0 bridgehead atoms. The van der Waals surface area contributed by atoms with Gasteiger partial charge in [0.15, 0.2) is 29.0 Å². The number of amides is 3. The fraction of sp³-hybridized carbons (Fsp3) is 0.286. The number of nitrogens with zero attached hydrogens (tertiary/aromatic N) is 1. The van der Waals surface area contributed by atoms with E-state index in [4.69, 9.17) is 9.47 Å². The largest absolute Gasteiger partial charge is 0.493 e. The van der Waals surface area contributed by atoms with Crippen LogP contribution >= 0.6 is 0 Å².